The van der Waals surface area contributed by atoms with E-state index in [-0.39, 0.29) is 10.8 Å². The Bertz CT molecular complexity index is 778. The number of alkyl halides is 3. The maximum Gasteiger partial charge on any atom is 0.417 e. The normalized spacial score (nSPS) is 11.6. The second-order valence-corrected chi connectivity index (χ2v) is 5.61. The number of halogens is 4. The molecule has 0 saturated heterocycles. The van der Waals surface area contributed by atoms with Crippen LogP contribution < -0.4 is 10.5 Å². The molecule has 2 heterocycles. The third-order valence-corrected chi connectivity index (χ3v) is 3.80. The van der Waals surface area contributed by atoms with Gasteiger partial charge in [-0.15, -0.1) is 0 Å². The molecule has 10 heteroatoms. The predicted molar refractivity (Wildman–Crippen MR) is 87.4 cm³/mol. The number of nitrogens with zero attached hydrogens (tertiary/aromatic N) is 4. The maximum absolute atomic E-state index is 12.6. The summed E-state index contributed by atoms with van der Waals surface area (Å²) in [6.07, 6.45) is -1.76. The van der Waals surface area contributed by atoms with Gasteiger partial charge in [0.05, 0.1) is 17.4 Å². The fourth-order valence-electron chi connectivity index (χ4n) is 2.10. The van der Waals surface area contributed by atoms with Gasteiger partial charge in [0.25, 0.3) is 5.56 Å². The first-order valence-electron chi connectivity index (χ1n) is 7.27. The summed E-state index contributed by atoms with van der Waals surface area (Å²) in [7, 11) is 3.34. The van der Waals surface area contributed by atoms with Crippen LogP contribution >= 0.6 is 11.6 Å². The highest BCUT2D eigenvalue weighted by molar-refractivity contribution is 6.33. The highest BCUT2D eigenvalue weighted by Gasteiger charge is 2.30. The van der Waals surface area contributed by atoms with Crippen LogP contribution in [0.15, 0.2) is 29.3 Å². The Kier molecular flexibility index (Phi) is 6.02. The summed E-state index contributed by atoms with van der Waals surface area (Å²) in [6, 6.07) is 1.89. The molecule has 2 aromatic heterocycles. The number of rotatable bonds is 6. The van der Waals surface area contributed by atoms with Crippen LogP contribution in [0, 0.1) is 0 Å². The molecule has 0 amide bonds. The molecule has 0 aliphatic rings. The van der Waals surface area contributed by atoms with Crippen molar-refractivity contribution >= 4 is 17.3 Å². The second-order valence-electron chi connectivity index (χ2n) is 5.23. The van der Waals surface area contributed by atoms with Crippen LogP contribution in [0.2, 0.25) is 5.02 Å². The van der Waals surface area contributed by atoms with E-state index in [1.807, 2.05) is 0 Å². The Balaban J connectivity index is 2.29. The first-order chi connectivity index (χ1) is 11.8. The lowest BCUT2D eigenvalue weighted by Gasteiger charge is -2.20. The Hall–Kier alpha value is -2.13. The molecule has 2 aromatic rings. The Morgan fingerprint density at radius 2 is 2.04 bits per heavy atom. The molecule has 136 valence electrons. The summed E-state index contributed by atoms with van der Waals surface area (Å²) in [5.74, 6) is -0.0477. The van der Waals surface area contributed by atoms with Crippen molar-refractivity contribution in [1.29, 1.82) is 0 Å². The molecule has 0 unspecified atom stereocenters. The first-order valence-corrected chi connectivity index (χ1v) is 7.65. The van der Waals surface area contributed by atoms with E-state index in [1.54, 1.807) is 19.1 Å². The Labute approximate surface area is 146 Å². The van der Waals surface area contributed by atoms with E-state index in [2.05, 4.69) is 10.1 Å². The Morgan fingerprint density at radius 1 is 1.32 bits per heavy atom. The molecule has 0 spiro atoms. The van der Waals surface area contributed by atoms with Gasteiger partial charge in [-0.25, -0.2) is 4.98 Å². The van der Waals surface area contributed by atoms with Crippen LogP contribution in [-0.2, 0) is 10.9 Å². The molecule has 0 radical (unpaired) electrons. The smallest absolute Gasteiger partial charge is 0.385 e. The Morgan fingerprint density at radius 3 is 2.60 bits per heavy atom. The van der Waals surface area contributed by atoms with Gasteiger partial charge in [-0.3, -0.25) is 4.79 Å². The van der Waals surface area contributed by atoms with Gasteiger partial charge in [0.15, 0.2) is 5.82 Å². The third kappa shape index (κ3) is 4.49. The topological polar surface area (TPSA) is 60.2 Å². The van der Waals surface area contributed by atoms with Crippen LogP contribution in [0.25, 0.3) is 5.82 Å². The SMILES string of the molecule is COCCCN(C)c1cnn(-c2ccc(C(F)(F)F)cn2)c(=O)c1Cl. The molecular formula is C15H16ClF3N4O2. The number of pyridine rings is 1. The molecule has 0 atom stereocenters. The molecule has 0 saturated carbocycles. The predicted octanol–water partition coefficient (Wildman–Crippen LogP) is 2.77. The zero-order valence-corrected chi connectivity index (χ0v) is 14.3. The fourth-order valence-corrected chi connectivity index (χ4v) is 2.37. The summed E-state index contributed by atoms with van der Waals surface area (Å²) in [5, 5.41) is 3.87. The van der Waals surface area contributed by atoms with Gasteiger partial charge in [-0.1, -0.05) is 11.6 Å². The van der Waals surface area contributed by atoms with E-state index >= 15 is 0 Å². The first kappa shape index (κ1) is 19.2. The minimum atomic E-state index is -4.50. The number of aromatic nitrogens is 3. The molecule has 25 heavy (non-hydrogen) atoms. The summed E-state index contributed by atoms with van der Waals surface area (Å²) in [6.45, 7) is 1.15. The van der Waals surface area contributed by atoms with Crippen LogP contribution in [0.3, 0.4) is 0 Å². The highest BCUT2D eigenvalue weighted by Crippen LogP contribution is 2.28. The van der Waals surface area contributed by atoms with Gasteiger partial charge in [-0.05, 0) is 18.6 Å². The van der Waals surface area contributed by atoms with Crippen LogP contribution in [-0.4, -0.2) is 42.1 Å². The lowest BCUT2D eigenvalue weighted by atomic mass is 10.3. The van der Waals surface area contributed by atoms with Crippen molar-refractivity contribution in [3.8, 4) is 5.82 Å². The van der Waals surface area contributed by atoms with Crippen LogP contribution in [0.4, 0.5) is 18.9 Å². The average molecular weight is 377 g/mol. The molecule has 0 aliphatic heterocycles. The maximum atomic E-state index is 12.6. The molecule has 0 aromatic carbocycles. The fraction of sp³-hybridized carbons (Fsp3) is 0.400. The zero-order valence-electron chi connectivity index (χ0n) is 13.5. The van der Waals surface area contributed by atoms with Gasteiger partial charge in [-0.2, -0.15) is 23.0 Å². The van der Waals surface area contributed by atoms with E-state index < -0.39 is 17.3 Å². The minimum Gasteiger partial charge on any atom is -0.385 e. The molecule has 0 aliphatic carbocycles. The van der Waals surface area contributed by atoms with E-state index in [4.69, 9.17) is 16.3 Å². The molecular weight excluding hydrogens is 361 g/mol. The van der Waals surface area contributed by atoms with Crippen molar-refractivity contribution in [3.05, 3.63) is 45.5 Å². The van der Waals surface area contributed by atoms with E-state index in [0.717, 1.165) is 23.2 Å². The largest absolute Gasteiger partial charge is 0.417 e. The summed E-state index contributed by atoms with van der Waals surface area (Å²) in [4.78, 5) is 17.8. The molecule has 2 rings (SSSR count). The highest BCUT2D eigenvalue weighted by atomic mass is 35.5. The van der Waals surface area contributed by atoms with Gasteiger partial charge < -0.3 is 9.64 Å². The van der Waals surface area contributed by atoms with Crippen molar-refractivity contribution in [2.45, 2.75) is 12.6 Å². The number of methoxy groups -OCH3 is 1. The van der Waals surface area contributed by atoms with Crippen LogP contribution in [0.5, 0.6) is 0 Å². The summed E-state index contributed by atoms with van der Waals surface area (Å²) >= 11 is 6.11. The van der Waals surface area contributed by atoms with Gasteiger partial charge >= 0.3 is 6.18 Å². The zero-order chi connectivity index (χ0) is 18.6. The van der Waals surface area contributed by atoms with Crippen molar-refractivity contribution < 1.29 is 17.9 Å². The van der Waals surface area contributed by atoms with Crippen molar-refractivity contribution in [2.24, 2.45) is 0 Å². The third-order valence-electron chi connectivity index (χ3n) is 3.45. The molecule has 0 bridgehead atoms. The molecule has 6 nitrogen and oxygen atoms in total. The monoisotopic (exact) mass is 376 g/mol. The van der Waals surface area contributed by atoms with Crippen molar-refractivity contribution in [3.63, 3.8) is 0 Å². The van der Waals surface area contributed by atoms with E-state index in [1.165, 1.54) is 6.20 Å². The standard InChI is InChI=1S/C15H16ClF3N4O2/c1-22(6-3-7-25-2)11-9-21-23(14(24)13(11)16)12-5-4-10(8-20-12)15(17,18)19/h4-5,8-9H,3,6-7H2,1-2H3. The van der Waals surface area contributed by atoms with E-state index in [9.17, 15) is 18.0 Å². The van der Waals surface area contributed by atoms with Gasteiger partial charge in [0, 0.05) is 33.5 Å². The van der Waals surface area contributed by atoms with Gasteiger partial charge in [0.2, 0.25) is 0 Å². The number of hydrogen-bond donors (Lipinski definition) is 0. The summed E-state index contributed by atoms with van der Waals surface area (Å²) in [5.41, 5.74) is -1.15. The molecule has 0 N–H and O–H groups in total. The minimum absolute atomic E-state index is 0.0477. The molecule has 0 fully saturated rings. The number of ether oxygens (including phenoxy) is 1. The average Bonchev–Trinajstić information content (AvgIpc) is 2.56. The lowest BCUT2D eigenvalue weighted by molar-refractivity contribution is -0.137. The number of hydrogen-bond acceptors (Lipinski definition) is 5. The van der Waals surface area contributed by atoms with E-state index in [0.29, 0.717) is 25.0 Å². The van der Waals surface area contributed by atoms with Crippen molar-refractivity contribution in [2.75, 3.05) is 32.2 Å². The second kappa shape index (κ2) is 7.83. The van der Waals surface area contributed by atoms with Crippen LogP contribution in [0.1, 0.15) is 12.0 Å². The number of anilines is 1. The lowest BCUT2D eigenvalue weighted by Crippen LogP contribution is -2.27. The quantitative estimate of drug-likeness (QED) is 0.725. The van der Waals surface area contributed by atoms with Gasteiger partial charge in [0.1, 0.15) is 5.02 Å². The van der Waals surface area contributed by atoms with Crippen molar-refractivity contribution in [1.82, 2.24) is 14.8 Å². The summed E-state index contributed by atoms with van der Waals surface area (Å²) < 4.78 is 43.5.